The maximum Gasteiger partial charge on any atom is 0.0547 e. The van der Waals surface area contributed by atoms with Gasteiger partial charge in [0.05, 0.1) is 16.7 Å². The Morgan fingerprint density at radius 3 is 1.42 bits per heavy atom. The van der Waals surface area contributed by atoms with E-state index in [1.54, 1.807) is 0 Å². The molecule has 0 saturated carbocycles. The molecule has 12 rings (SSSR count). The third-order valence-corrected chi connectivity index (χ3v) is 12.8. The van der Waals surface area contributed by atoms with Gasteiger partial charge in [0.1, 0.15) is 0 Å². The Balaban J connectivity index is 0.931. The Morgan fingerprint density at radius 2 is 0.719 bits per heavy atom. The molecule has 0 fully saturated rings. The van der Waals surface area contributed by atoms with E-state index in [0.717, 1.165) is 28.3 Å². The van der Waals surface area contributed by atoms with E-state index in [1.165, 1.54) is 82.3 Å². The molecule has 0 bridgehead atoms. The molecule has 1 aromatic heterocycles. The molecular formula is C62H42N2. The largest absolute Gasteiger partial charge is 0.311 e. The minimum Gasteiger partial charge on any atom is -0.311 e. The van der Waals surface area contributed by atoms with E-state index in [4.69, 9.17) is 0 Å². The number of rotatable bonds is 8. The molecule has 11 aromatic carbocycles. The fourth-order valence-electron chi connectivity index (χ4n) is 9.71. The van der Waals surface area contributed by atoms with Gasteiger partial charge in [0.25, 0.3) is 0 Å². The van der Waals surface area contributed by atoms with Crippen molar-refractivity contribution < 1.29 is 0 Å². The number of nitrogens with zero attached hydrogens (tertiary/aromatic N) is 2. The van der Waals surface area contributed by atoms with Gasteiger partial charge in [-0.25, -0.2) is 0 Å². The molecule has 0 spiro atoms. The van der Waals surface area contributed by atoms with Crippen molar-refractivity contribution in [3.8, 4) is 50.2 Å². The Morgan fingerprint density at radius 1 is 0.250 bits per heavy atom. The van der Waals surface area contributed by atoms with Crippen molar-refractivity contribution in [1.29, 1.82) is 0 Å². The molecule has 12 aromatic rings. The van der Waals surface area contributed by atoms with Crippen molar-refractivity contribution in [3.05, 3.63) is 255 Å². The predicted octanol–water partition coefficient (Wildman–Crippen LogP) is 17.2. The van der Waals surface area contributed by atoms with E-state index in [-0.39, 0.29) is 0 Å². The zero-order chi connectivity index (χ0) is 42.4. The fourth-order valence-corrected chi connectivity index (χ4v) is 9.71. The van der Waals surface area contributed by atoms with Crippen LogP contribution in [0.3, 0.4) is 0 Å². The highest BCUT2D eigenvalue weighted by atomic mass is 15.1. The number of para-hydroxylation sites is 3. The summed E-state index contributed by atoms with van der Waals surface area (Å²) in [6.07, 6.45) is 0. The first-order valence-electron chi connectivity index (χ1n) is 22.0. The van der Waals surface area contributed by atoms with Gasteiger partial charge in [-0.05, 0) is 121 Å². The van der Waals surface area contributed by atoms with Gasteiger partial charge in [0.2, 0.25) is 0 Å². The Bertz CT molecular complexity index is 3620. The summed E-state index contributed by atoms with van der Waals surface area (Å²) in [6.45, 7) is 0. The standard InChI is InChI=1S/C62H42N2/c1-3-15-43(16-4-1)44-27-29-45(30-28-44)46-31-36-51(37-32-46)63(50-18-5-2-6-19-50)52-38-33-47(34-39-52)54-21-11-13-25-60(54)64-61-26-14-12-24-57(61)58-40-35-49(42-62(58)64)59-41-48-17-7-8-20-53(48)55-22-9-10-23-56(55)59/h1-42H. The highest BCUT2D eigenvalue weighted by Crippen LogP contribution is 2.42. The summed E-state index contributed by atoms with van der Waals surface area (Å²) < 4.78 is 2.47. The molecule has 0 atom stereocenters. The average Bonchev–Trinajstić information content (AvgIpc) is 3.71. The third-order valence-electron chi connectivity index (χ3n) is 12.8. The molecule has 0 aliphatic carbocycles. The van der Waals surface area contributed by atoms with Gasteiger partial charge in [-0.2, -0.15) is 0 Å². The summed E-state index contributed by atoms with van der Waals surface area (Å²) in [5.74, 6) is 0. The van der Waals surface area contributed by atoms with Crippen LogP contribution >= 0.6 is 0 Å². The summed E-state index contributed by atoms with van der Waals surface area (Å²) >= 11 is 0. The van der Waals surface area contributed by atoms with Crippen LogP contribution < -0.4 is 4.90 Å². The molecule has 0 aliphatic heterocycles. The molecule has 0 unspecified atom stereocenters. The van der Waals surface area contributed by atoms with Crippen LogP contribution in [0.5, 0.6) is 0 Å². The van der Waals surface area contributed by atoms with Crippen LogP contribution in [-0.2, 0) is 0 Å². The Hall–Kier alpha value is -8.46. The molecule has 1 heterocycles. The van der Waals surface area contributed by atoms with Crippen LogP contribution in [-0.4, -0.2) is 4.57 Å². The van der Waals surface area contributed by atoms with Gasteiger partial charge in [0.15, 0.2) is 0 Å². The van der Waals surface area contributed by atoms with Gasteiger partial charge < -0.3 is 9.47 Å². The summed E-state index contributed by atoms with van der Waals surface area (Å²) in [5, 5.41) is 7.55. The number of benzene rings is 11. The van der Waals surface area contributed by atoms with E-state index < -0.39 is 0 Å². The van der Waals surface area contributed by atoms with Crippen LogP contribution in [0, 0.1) is 0 Å². The normalized spacial score (nSPS) is 11.4. The zero-order valence-corrected chi connectivity index (χ0v) is 35.1. The summed E-state index contributed by atoms with van der Waals surface area (Å²) in [5.41, 5.74) is 16.4. The van der Waals surface area contributed by atoms with Crippen molar-refractivity contribution in [3.63, 3.8) is 0 Å². The lowest BCUT2D eigenvalue weighted by molar-refractivity contribution is 1.18. The first-order valence-corrected chi connectivity index (χ1v) is 22.0. The smallest absolute Gasteiger partial charge is 0.0547 e. The fraction of sp³-hybridized carbons (Fsp3) is 0. The lowest BCUT2D eigenvalue weighted by Gasteiger charge is -2.26. The molecule has 0 saturated heterocycles. The van der Waals surface area contributed by atoms with Gasteiger partial charge in [0, 0.05) is 33.4 Å². The minimum atomic E-state index is 1.09. The number of hydrogen-bond acceptors (Lipinski definition) is 1. The summed E-state index contributed by atoms with van der Waals surface area (Å²) in [7, 11) is 0. The van der Waals surface area contributed by atoms with Crippen LogP contribution in [0.2, 0.25) is 0 Å². The summed E-state index contributed by atoms with van der Waals surface area (Å²) in [4.78, 5) is 2.34. The van der Waals surface area contributed by atoms with E-state index >= 15 is 0 Å². The quantitative estimate of drug-likeness (QED) is 0.139. The highest BCUT2D eigenvalue weighted by Gasteiger charge is 2.19. The van der Waals surface area contributed by atoms with Gasteiger partial charge in [-0.3, -0.25) is 0 Å². The van der Waals surface area contributed by atoms with Crippen LogP contribution in [0.15, 0.2) is 255 Å². The number of aromatic nitrogens is 1. The monoisotopic (exact) mass is 814 g/mol. The summed E-state index contributed by atoms with van der Waals surface area (Å²) in [6, 6.07) is 92.6. The molecule has 64 heavy (non-hydrogen) atoms. The minimum absolute atomic E-state index is 1.09. The molecule has 2 heteroatoms. The molecular weight excluding hydrogens is 773 g/mol. The lowest BCUT2D eigenvalue weighted by atomic mass is 9.93. The van der Waals surface area contributed by atoms with Gasteiger partial charge in [-0.1, -0.05) is 194 Å². The molecule has 0 N–H and O–H groups in total. The first kappa shape index (κ1) is 37.3. The van der Waals surface area contributed by atoms with Gasteiger partial charge >= 0.3 is 0 Å². The van der Waals surface area contributed by atoms with Crippen LogP contribution in [0.1, 0.15) is 0 Å². The molecule has 2 nitrogen and oxygen atoms in total. The van der Waals surface area contributed by atoms with E-state index in [9.17, 15) is 0 Å². The second-order valence-corrected chi connectivity index (χ2v) is 16.5. The van der Waals surface area contributed by atoms with Crippen LogP contribution in [0.4, 0.5) is 17.1 Å². The molecule has 300 valence electrons. The Labute approximate surface area is 373 Å². The van der Waals surface area contributed by atoms with E-state index in [2.05, 4.69) is 264 Å². The third kappa shape index (κ3) is 6.52. The number of hydrogen-bond donors (Lipinski definition) is 0. The molecule has 0 aliphatic rings. The van der Waals surface area contributed by atoms with Crippen molar-refractivity contribution in [2.24, 2.45) is 0 Å². The predicted molar refractivity (Wildman–Crippen MR) is 272 cm³/mol. The zero-order valence-electron chi connectivity index (χ0n) is 35.1. The van der Waals surface area contributed by atoms with E-state index in [1.807, 2.05) is 0 Å². The topological polar surface area (TPSA) is 8.17 Å². The SMILES string of the molecule is c1ccc(-c2ccc(-c3ccc(N(c4ccccc4)c4ccc(-c5ccccc5-n5c6ccccc6c6ccc(-c7cc8ccccc8c8ccccc78)cc65)cc4)cc3)cc2)cc1. The maximum atomic E-state index is 2.47. The first-order chi connectivity index (χ1) is 31.7. The second kappa shape index (κ2) is 15.8. The second-order valence-electron chi connectivity index (χ2n) is 16.5. The number of anilines is 3. The molecule has 0 radical (unpaired) electrons. The van der Waals surface area contributed by atoms with Gasteiger partial charge in [-0.15, -0.1) is 0 Å². The van der Waals surface area contributed by atoms with Crippen LogP contribution in [0.25, 0.3) is 93.5 Å². The van der Waals surface area contributed by atoms with E-state index in [0.29, 0.717) is 0 Å². The van der Waals surface area contributed by atoms with Crippen molar-refractivity contribution in [2.45, 2.75) is 0 Å². The highest BCUT2D eigenvalue weighted by molar-refractivity contribution is 6.15. The Kier molecular flexibility index (Phi) is 9.20. The van der Waals surface area contributed by atoms with Crippen molar-refractivity contribution in [1.82, 2.24) is 4.57 Å². The lowest BCUT2D eigenvalue weighted by Crippen LogP contribution is -2.09. The molecule has 0 amide bonds. The van der Waals surface area contributed by atoms with Crippen molar-refractivity contribution in [2.75, 3.05) is 4.90 Å². The average molecular weight is 815 g/mol. The van der Waals surface area contributed by atoms with Crippen molar-refractivity contribution >= 4 is 60.4 Å². The maximum absolute atomic E-state index is 2.47. The number of fused-ring (bicyclic) bond motifs is 6.